The molecule has 3 aromatic rings. The van der Waals surface area contributed by atoms with Crippen LogP contribution >= 0.6 is 0 Å². The van der Waals surface area contributed by atoms with Gasteiger partial charge in [0.15, 0.2) is 0 Å². The van der Waals surface area contributed by atoms with Gasteiger partial charge < -0.3 is 15.6 Å². The van der Waals surface area contributed by atoms with E-state index < -0.39 is 0 Å². The third kappa shape index (κ3) is 3.63. The number of nitrogens with two attached hydrogens (primary N) is 1. The number of aromatic nitrogens is 2. The van der Waals surface area contributed by atoms with Crippen molar-refractivity contribution in [3.05, 3.63) is 65.1 Å². The third-order valence-electron chi connectivity index (χ3n) is 4.90. The molecule has 2 aromatic heterocycles. The molecule has 0 fully saturated rings. The Morgan fingerprint density at radius 2 is 2.04 bits per heavy atom. The van der Waals surface area contributed by atoms with Crippen molar-refractivity contribution in [2.45, 2.75) is 46.3 Å². The SMILES string of the molecule is CC[C@H](NCc1c(C)n(CC(N)=O)c2ccccc12)c1cc(C)ccn1. The Balaban J connectivity index is 1.91. The average Bonchev–Trinajstić information content (AvgIpc) is 2.88. The smallest absolute Gasteiger partial charge is 0.237 e. The first-order valence-corrected chi connectivity index (χ1v) is 9.02. The number of nitrogens with zero attached hydrogens (tertiary/aromatic N) is 2. The van der Waals surface area contributed by atoms with Gasteiger partial charge in [0.2, 0.25) is 5.91 Å². The second-order valence-electron chi connectivity index (χ2n) is 6.73. The lowest BCUT2D eigenvalue weighted by molar-refractivity contribution is -0.118. The van der Waals surface area contributed by atoms with E-state index in [2.05, 4.69) is 36.3 Å². The Morgan fingerprint density at radius 3 is 2.73 bits per heavy atom. The highest BCUT2D eigenvalue weighted by molar-refractivity contribution is 5.87. The average molecular weight is 350 g/mol. The van der Waals surface area contributed by atoms with Crippen LogP contribution in [0, 0.1) is 13.8 Å². The summed E-state index contributed by atoms with van der Waals surface area (Å²) in [4.78, 5) is 16.0. The van der Waals surface area contributed by atoms with E-state index in [4.69, 9.17) is 5.73 Å². The van der Waals surface area contributed by atoms with Crippen molar-refractivity contribution in [2.24, 2.45) is 5.73 Å². The second-order valence-corrected chi connectivity index (χ2v) is 6.73. The first kappa shape index (κ1) is 18.1. The Bertz CT molecular complexity index is 929. The number of primary amides is 1. The van der Waals surface area contributed by atoms with E-state index in [0.717, 1.165) is 28.7 Å². The quantitative estimate of drug-likeness (QED) is 0.686. The molecule has 1 amide bonds. The molecule has 3 N–H and O–H groups in total. The van der Waals surface area contributed by atoms with Crippen LogP contribution in [0.5, 0.6) is 0 Å². The van der Waals surface area contributed by atoms with Crippen LogP contribution in [-0.4, -0.2) is 15.5 Å². The number of pyridine rings is 1. The molecule has 0 bridgehead atoms. The summed E-state index contributed by atoms with van der Waals surface area (Å²) in [5, 5.41) is 4.79. The van der Waals surface area contributed by atoms with E-state index in [9.17, 15) is 4.79 Å². The van der Waals surface area contributed by atoms with Gasteiger partial charge in [0.25, 0.3) is 0 Å². The van der Waals surface area contributed by atoms with Crippen LogP contribution in [0.2, 0.25) is 0 Å². The molecule has 0 saturated carbocycles. The van der Waals surface area contributed by atoms with Crippen molar-refractivity contribution in [3.8, 4) is 0 Å². The molecule has 0 aliphatic heterocycles. The highest BCUT2D eigenvalue weighted by Crippen LogP contribution is 2.27. The Kier molecular flexibility index (Phi) is 5.38. The van der Waals surface area contributed by atoms with Gasteiger partial charge in [-0.3, -0.25) is 9.78 Å². The van der Waals surface area contributed by atoms with Crippen molar-refractivity contribution in [1.82, 2.24) is 14.9 Å². The van der Waals surface area contributed by atoms with E-state index in [1.54, 1.807) is 0 Å². The Hall–Kier alpha value is -2.66. The maximum absolute atomic E-state index is 11.5. The van der Waals surface area contributed by atoms with E-state index in [1.165, 1.54) is 11.1 Å². The topological polar surface area (TPSA) is 72.9 Å². The van der Waals surface area contributed by atoms with Crippen molar-refractivity contribution in [2.75, 3.05) is 0 Å². The minimum atomic E-state index is -0.330. The lowest BCUT2D eigenvalue weighted by Gasteiger charge is -2.17. The van der Waals surface area contributed by atoms with Crippen LogP contribution in [0.3, 0.4) is 0 Å². The van der Waals surface area contributed by atoms with E-state index in [0.29, 0.717) is 6.54 Å². The fourth-order valence-electron chi connectivity index (χ4n) is 3.52. The van der Waals surface area contributed by atoms with Crippen LogP contribution in [0.25, 0.3) is 10.9 Å². The third-order valence-corrected chi connectivity index (χ3v) is 4.90. The molecule has 0 unspecified atom stereocenters. The van der Waals surface area contributed by atoms with Crippen LogP contribution in [0.4, 0.5) is 0 Å². The van der Waals surface area contributed by atoms with Crippen molar-refractivity contribution in [3.63, 3.8) is 0 Å². The van der Waals surface area contributed by atoms with Gasteiger partial charge >= 0.3 is 0 Å². The van der Waals surface area contributed by atoms with E-state index in [-0.39, 0.29) is 18.5 Å². The van der Waals surface area contributed by atoms with Gasteiger partial charge in [-0.05, 0) is 49.6 Å². The Labute approximate surface area is 154 Å². The second kappa shape index (κ2) is 7.70. The first-order valence-electron chi connectivity index (χ1n) is 9.02. The summed E-state index contributed by atoms with van der Waals surface area (Å²) >= 11 is 0. The number of hydrogen-bond donors (Lipinski definition) is 2. The van der Waals surface area contributed by atoms with Gasteiger partial charge in [0.1, 0.15) is 6.54 Å². The molecule has 0 aliphatic rings. The monoisotopic (exact) mass is 350 g/mol. The molecule has 0 saturated heterocycles. The zero-order chi connectivity index (χ0) is 18.7. The number of para-hydroxylation sites is 1. The maximum atomic E-state index is 11.5. The van der Waals surface area contributed by atoms with Crippen LogP contribution < -0.4 is 11.1 Å². The van der Waals surface area contributed by atoms with Gasteiger partial charge in [0, 0.05) is 35.4 Å². The molecule has 3 rings (SSSR count). The standard InChI is InChI=1S/C21H26N4O/c1-4-18(19-11-14(2)9-10-23-19)24-12-17-15(3)25(13-21(22)26)20-8-6-5-7-16(17)20/h5-11,18,24H,4,12-13H2,1-3H3,(H2,22,26)/t18-/m0/s1. The molecular formula is C21H26N4O. The summed E-state index contributed by atoms with van der Waals surface area (Å²) in [7, 11) is 0. The van der Waals surface area contributed by atoms with Gasteiger partial charge in [-0.25, -0.2) is 0 Å². The zero-order valence-electron chi connectivity index (χ0n) is 15.6. The summed E-state index contributed by atoms with van der Waals surface area (Å²) in [5.41, 5.74) is 11.0. The summed E-state index contributed by atoms with van der Waals surface area (Å²) < 4.78 is 2.00. The van der Waals surface area contributed by atoms with Gasteiger partial charge in [-0.2, -0.15) is 0 Å². The Morgan fingerprint density at radius 1 is 1.27 bits per heavy atom. The van der Waals surface area contributed by atoms with Crippen molar-refractivity contribution >= 4 is 16.8 Å². The number of benzene rings is 1. The predicted octanol–water partition coefficient (Wildman–Crippen LogP) is 3.38. The van der Waals surface area contributed by atoms with Crippen molar-refractivity contribution < 1.29 is 4.79 Å². The van der Waals surface area contributed by atoms with Gasteiger partial charge in [-0.1, -0.05) is 25.1 Å². The molecular weight excluding hydrogens is 324 g/mol. The minimum absolute atomic E-state index is 0.188. The molecule has 5 heteroatoms. The number of carbonyl (C=O) groups is 1. The predicted molar refractivity (Wildman–Crippen MR) is 105 cm³/mol. The molecule has 0 aliphatic carbocycles. The number of amides is 1. The molecule has 136 valence electrons. The molecule has 1 atom stereocenters. The normalized spacial score (nSPS) is 12.4. The number of nitrogens with one attached hydrogen (secondary N) is 1. The molecule has 2 heterocycles. The van der Waals surface area contributed by atoms with Gasteiger partial charge in [-0.15, -0.1) is 0 Å². The van der Waals surface area contributed by atoms with Crippen LogP contribution in [0.1, 0.15) is 41.9 Å². The summed E-state index contributed by atoms with van der Waals surface area (Å²) in [6.45, 7) is 7.20. The fraction of sp³-hybridized carbons (Fsp3) is 0.333. The molecule has 26 heavy (non-hydrogen) atoms. The lowest BCUT2D eigenvalue weighted by atomic mass is 10.1. The van der Waals surface area contributed by atoms with E-state index in [1.807, 2.05) is 42.0 Å². The number of carbonyl (C=O) groups excluding carboxylic acids is 1. The fourth-order valence-corrected chi connectivity index (χ4v) is 3.52. The number of fused-ring (bicyclic) bond motifs is 1. The van der Waals surface area contributed by atoms with Crippen molar-refractivity contribution in [1.29, 1.82) is 0 Å². The zero-order valence-corrected chi connectivity index (χ0v) is 15.6. The van der Waals surface area contributed by atoms with Crippen LogP contribution in [0.15, 0.2) is 42.6 Å². The summed E-state index contributed by atoms with van der Waals surface area (Å²) in [6.07, 6.45) is 2.81. The highest BCUT2D eigenvalue weighted by atomic mass is 16.1. The largest absolute Gasteiger partial charge is 0.368 e. The number of rotatable bonds is 7. The maximum Gasteiger partial charge on any atom is 0.237 e. The minimum Gasteiger partial charge on any atom is -0.368 e. The summed E-state index contributed by atoms with van der Waals surface area (Å²) in [5.74, 6) is -0.330. The van der Waals surface area contributed by atoms with Crippen LogP contribution in [-0.2, 0) is 17.9 Å². The highest BCUT2D eigenvalue weighted by Gasteiger charge is 2.17. The molecule has 0 radical (unpaired) electrons. The van der Waals surface area contributed by atoms with E-state index >= 15 is 0 Å². The molecule has 0 spiro atoms. The first-order chi connectivity index (χ1) is 12.5. The lowest BCUT2D eigenvalue weighted by Crippen LogP contribution is -2.22. The number of hydrogen-bond acceptors (Lipinski definition) is 3. The molecule has 1 aromatic carbocycles. The molecule has 5 nitrogen and oxygen atoms in total. The number of aryl methyl sites for hydroxylation is 1. The van der Waals surface area contributed by atoms with Gasteiger partial charge in [0.05, 0.1) is 5.69 Å². The summed E-state index contributed by atoms with van der Waals surface area (Å²) in [6, 6.07) is 12.5.